The number of amides is 2. The molecule has 0 bridgehead atoms. The lowest BCUT2D eigenvalue weighted by atomic mass is 10.1. The van der Waals surface area contributed by atoms with Gasteiger partial charge in [0.25, 0.3) is 11.8 Å². The number of anilines is 2. The second-order valence-corrected chi connectivity index (χ2v) is 7.82. The molecule has 1 atom stereocenters. The van der Waals surface area contributed by atoms with Gasteiger partial charge >= 0.3 is 0 Å². The lowest BCUT2D eigenvalue weighted by Gasteiger charge is -2.33. The zero-order chi connectivity index (χ0) is 22.2. The summed E-state index contributed by atoms with van der Waals surface area (Å²) in [5.41, 5.74) is 3.79. The molecule has 2 amide bonds. The summed E-state index contributed by atoms with van der Waals surface area (Å²) >= 11 is 0. The number of nitrogens with one attached hydrogen (secondary N) is 1. The van der Waals surface area contributed by atoms with Gasteiger partial charge in [-0.15, -0.1) is 0 Å². The predicted molar refractivity (Wildman–Crippen MR) is 119 cm³/mol. The highest BCUT2D eigenvalue weighted by Crippen LogP contribution is 2.38. The molecule has 0 spiro atoms. The maximum Gasteiger partial charge on any atom is 0.268 e. The van der Waals surface area contributed by atoms with Crippen molar-refractivity contribution in [3.05, 3.63) is 77.4 Å². The first kappa shape index (κ1) is 19.9. The standard InChI is InChI=1S/C25H22N2O5/c1-15-5-3-4-6-18(15)13-27-20-12-19(8-10-21(20)32-16(2)25(27)29)26-24(28)17-7-9-22-23(11-17)31-14-30-22/h3-12,16H,13-14H2,1-2H3,(H,26,28). The minimum atomic E-state index is -0.583. The molecule has 3 aromatic carbocycles. The van der Waals surface area contributed by atoms with Crippen LogP contribution in [0, 0.1) is 6.92 Å². The van der Waals surface area contributed by atoms with E-state index >= 15 is 0 Å². The minimum Gasteiger partial charge on any atom is -0.479 e. The molecule has 5 rings (SSSR count). The van der Waals surface area contributed by atoms with Gasteiger partial charge in [0.2, 0.25) is 6.79 Å². The van der Waals surface area contributed by atoms with Crippen LogP contribution in [-0.2, 0) is 11.3 Å². The van der Waals surface area contributed by atoms with Gasteiger partial charge in [0.15, 0.2) is 17.6 Å². The van der Waals surface area contributed by atoms with Gasteiger partial charge < -0.3 is 24.4 Å². The second-order valence-electron chi connectivity index (χ2n) is 7.82. The Bertz CT molecular complexity index is 1220. The molecular weight excluding hydrogens is 408 g/mol. The molecule has 162 valence electrons. The van der Waals surface area contributed by atoms with Crippen LogP contribution >= 0.6 is 0 Å². The Balaban J connectivity index is 1.43. The third-order valence-electron chi connectivity index (χ3n) is 5.65. The topological polar surface area (TPSA) is 77.1 Å². The Hall–Kier alpha value is -4.00. The molecule has 0 saturated carbocycles. The number of hydrogen-bond donors (Lipinski definition) is 1. The van der Waals surface area contributed by atoms with Crippen molar-refractivity contribution in [2.24, 2.45) is 0 Å². The molecule has 3 aromatic rings. The number of hydrogen-bond acceptors (Lipinski definition) is 5. The van der Waals surface area contributed by atoms with Crippen LogP contribution < -0.4 is 24.4 Å². The van der Waals surface area contributed by atoms with Crippen LogP contribution in [0.2, 0.25) is 0 Å². The number of fused-ring (bicyclic) bond motifs is 2. The summed E-state index contributed by atoms with van der Waals surface area (Å²) in [4.78, 5) is 27.5. The second kappa shape index (κ2) is 7.92. The van der Waals surface area contributed by atoms with Gasteiger partial charge in [-0.1, -0.05) is 24.3 Å². The Morgan fingerprint density at radius 3 is 2.66 bits per heavy atom. The van der Waals surface area contributed by atoms with Crippen LogP contribution in [0.4, 0.5) is 11.4 Å². The summed E-state index contributed by atoms with van der Waals surface area (Å²) in [5.74, 6) is 1.35. The summed E-state index contributed by atoms with van der Waals surface area (Å²) in [6.45, 7) is 4.33. The van der Waals surface area contributed by atoms with Gasteiger partial charge in [-0.2, -0.15) is 0 Å². The fraction of sp³-hybridized carbons (Fsp3) is 0.200. The molecule has 0 aromatic heterocycles. The van der Waals surface area contributed by atoms with Crippen LogP contribution in [0.1, 0.15) is 28.4 Å². The largest absolute Gasteiger partial charge is 0.479 e. The Kier molecular flexibility index (Phi) is 4.93. The van der Waals surface area contributed by atoms with Gasteiger partial charge in [0, 0.05) is 11.3 Å². The first-order valence-corrected chi connectivity index (χ1v) is 10.4. The zero-order valence-corrected chi connectivity index (χ0v) is 17.8. The number of benzene rings is 3. The minimum absolute atomic E-state index is 0.125. The fourth-order valence-corrected chi connectivity index (χ4v) is 3.85. The monoisotopic (exact) mass is 430 g/mol. The normalized spacial score (nSPS) is 16.4. The first-order valence-electron chi connectivity index (χ1n) is 10.4. The third kappa shape index (κ3) is 3.62. The van der Waals surface area contributed by atoms with Gasteiger partial charge in [-0.25, -0.2) is 0 Å². The Morgan fingerprint density at radius 2 is 1.81 bits per heavy atom. The molecular formula is C25H22N2O5. The van der Waals surface area contributed by atoms with E-state index in [1.165, 1.54) is 0 Å². The number of carbonyl (C=O) groups excluding carboxylic acids is 2. The summed E-state index contributed by atoms with van der Waals surface area (Å²) in [5, 5.41) is 2.89. The molecule has 0 radical (unpaired) electrons. The molecule has 1 unspecified atom stereocenters. The van der Waals surface area contributed by atoms with E-state index in [1.54, 1.807) is 48.2 Å². The fourth-order valence-electron chi connectivity index (χ4n) is 3.85. The van der Waals surface area contributed by atoms with E-state index in [1.807, 2.05) is 31.2 Å². The maximum absolute atomic E-state index is 13.0. The number of aryl methyl sites for hydroxylation is 1. The van der Waals surface area contributed by atoms with E-state index in [2.05, 4.69) is 5.32 Å². The smallest absolute Gasteiger partial charge is 0.268 e. The highest BCUT2D eigenvalue weighted by Gasteiger charge is 2.32. The molecule has 0 aliphatic carbocycles. The van der Waals surface area contributed by atoms with Crippen molar-refractivity contribution in [3.8, 4) is 17.2 Å². The predicted octanol–water partition coefficient (Wildman–Crippen LogP) is 4.29. The highest BCUT2D eigenvalue weighted by molar-refractivity contribution is 6.06. The summed E-state index contributed by atoms with van der Waals surface area (Å²) < 4.78 is 16.5. The number of nitrogens with zero attached hydrogens (tertiary/aromatic N) is 1. The molecule has 1 N–H and O–H groups in total. The van der Waals surface area contributed by atoms with E-state index in [0.717, 1.165) is 11.1 Å². The van der Waals surface area contributed by atoms with Crippen LogP contribution in [-0.4, -0.2) is 24.7 Å². The van der Waals surface area contributed by atoms with Gasteiger partial charge in [0.05, 0.1) is 12.2 Å². The summed E-state index contributed by atoms with van der Waals surface area (Å²) in [7, 11) is 0. The van der Waals surface area contributed by atoms with E-state index < -0.39 is 6.10 Å². The number of rotatable bonds is 4. The molecule has 7 heteroatoms. The van der Waals surface area contributed by atoms with E-state index in [4.69, 9.17) is 14.2 Å². The van der Waals surface area contributed by atoms with Gasteiger partial charge in [-0.3, -0.25) is 9.59 Å². The van der Waals surface area contributed by atoms with Crippen LogP contribution in [0.5, 0.6) is 17.2 Å². The van der Waals surface area contributed by atoms with Crippen molar-refractivity contribution in [1.82, 2.24) is 0 Å². The highest BCUT2D eigenvalue weighted by atomic mass is 16.7. The van der Waals surface area contributed by atoms with Gasteiger partial charge in [0.1, 0.15) is 5.75 Å². The first-order chi connectivity index (χ1) is 15.5. The SMILES string of the molecule is Cc1ccccc1CN1C(=O)C(C)Oc2ccc(NC(=O)c3ccc4c(c3)OCO4)cc21. The quantitative estimate of drug-likeness (QED) is 0.668. The zero-order valence-electron chi connectivity index (χ0n) is 17.8. The van der Waals surface area contributed by atoms with Crippen molar-refractivity contribution in [3.63, 3.8) is 0 Å². The lowest BCUT2D eigenvalue weighted by molar-refractivity contribution is -0.125. The van der Waals surface area contributed by atoms with E-state index in [9.17, 15) is 9.59 Å². The van der Waals surface area contributed by atoms with Crippen molar-refractivity contribution < 1.29 is 23.8 Å². The summed E-state index contributed by atoms with van der Waals surface area (Å²) in [6.07, 6.45) is -0.583. The number of carbonyl (C=O) groups is 2. The molecule has 2 heterocycles. The van der Waals surface area contributed by atoms with Gasteiger partial charge in [-0.05, 0) is 61.4 Å². The average molecular weight is 430 g/mol. The Labute approximate surface area is 185 Å². The van der Waals surface area contributed by atoms with Crippen molar-refractivity contribution >= 4 is 23.2 Å². The molecule has 0 saturated heterocycles. The molecule has 2 aliphatic rings. The average Bonchev–Trinajstić information content (AvgIpc) is 3.26. The number of ether oxygens (including phenoxy) is 3. The lowest BCUT2D eigenvalue weighted by Crippen LogP contribution is -2.44. The van der Waals surface area contributed by atoms with Crippen molar-refractivity contribution in [2.45, 2.75) is 26.5 Å². The maximum atomic E-state index is 13.0. The van der Waals surface area contributed by atoms with Crippen molar-refractivity contribution in [2.75, 3.05) is 17.0 Å². The van der Waals surface area contributed by atoms with E-state index in [0.29, 0.717) is 40.7 Å². The van der Waals surface area contributed by atoms with Crippen LogP contribution in [0.15, 0.2) is 60.7 Å². The summed E-state index contributed by atoms with van der Waals surface area (Å²) in [6, 6.07) is 18.3. The molecule has 32 heavy (non-hydrogen) atoms. The van der Waals surface area contributed by atoms with Crippen LogP contribution in [0.3, 0.4) is 0 Å². The molecule has 2 aliphatic heterocycles. The van der Waals surface area contributed by atoms with Crippen LogP contribution in [0.25, 0.3) is 0 Å². The Morgan fingerprint density at radius 1 is 1.03 bits per heavy atom. The third-order valence-corrected chi connectivity index (χ3v) is 5.65. The van der Waals surface area contributed by atoms with E-state index in [-0.39, 0.29) is 18.6 Å². The molecule has 0 fully saturated rings. The van der Waals surface area contributed by atoms with Crippen molar-refractivity contribution in [1.29, 1.82) is 0 Å². The molecule has 7 nitrogen and oxygen atoms in total.